The molecule has 0 saturated carbocycles. The Hall–Kier alpha value is -1.42. The van der Waals surface area contributed by atoms with Crippen LogP contribution in [-0.2, 0) is 0 Å². The van der Waals surface area contributed by atoms with Gasteiger partial charge in [-0.3, -0.25) is 4.79 Å². The Balaban J connectivity index is 3.15. The van der Waals surface area contributed by atoms with E-state index in [4.69, 9.17) is 10.5 Å². The number of aryl methyl sites for hydroxylation is 1. The highest BCUT2D eigenvalue weighted by Crippen LogP contribution is 2.15. The van der Waals surface area contributed by atoms with Gasteiger partial charge in [-0.05, 0) is 18.6 Å². The van der Waals surface area contributed by atoms with Gasteiger partial charge in [0.1, 0.15) is 0 Å². The number of carbonyl (C=O) groups is 1. The Kier molecular flexibility index (Phi) is 2.97. The number of rotatable bonds is 3. The quantitative estimate of drug-likeness (QED) is 0.689. The van der Waals surface area contributed by atoms with Crippen LogP contribution >= 0.6 is 0 Å². The Morgan fingerprint density at radius 3 is 2.92 bits per heavy atom. The van der Waals surface area contributed by atoms with E-state index in [1.807, 2.05) is 6.92 Å². The first-order chi connectivity index (χ1) is 6.19. The predicted molar refractivity (Wildman–Crippen MR) is 48.9 cm³/mol. The molecule has 0 saturated heterocycles. The molecule has 4 nitrogen and oxygen atoms in total. The molecule has 4 heteroatoms. The second kappa shape index (κ2) is 4.00. The molecule has 0 fully saturated rings. The summed E-state index contributed by atoms with van der Waals surface area (Å²) in [5, 5.41) is 0. The normalized spacial score (nSPS) is 9.77. The van der Waals surface area contributed by atoms with Crippen molar-refractivity contribution in [2.75, 3.05) is 13.7 Å². The highest BCUT2D eigenvalue weighted by atomic mass is 16.5. The summed E-state index contributed by atoms with van der Waals surface area (Å²) in [5.74, 6) is 0.175. The van der Waals surface area contributed by atoms with Crippen LogP contribution in [0.4, 0.5) is 0 Å². The maximum absolute atomic E-state index is 11.3. The largest absolute Gasteiger partial charge is 0.480 e. The van der Waals surface area contributed by atoms with Crippen LogP contribution in [0.25, 0.3) is 0 Å². The average molecular weight is 180 g/mol. The molecule has 0 spiro atoms. The topological polar surface area (TPSA) is 65.2 Å². The van der Waals surface area contributed by atoms with Gasteiger partial charge >= 0.3 is 0 Å². The number of hydrogen-bond acceptors (Lipinski definition) is 4. The van der Waals surface area contributed by atoms with Crippen LogP contribution in [0.5, 0.6) is 5.88 Å². The minimum atomic E-state index is -0.159. The van der Waals surface area contributed by atoms with Crippen molar-refractivity contribution in [1.82, 2.24) is 4.98 Å². The standard InChI is InChI=1S/C9H12N2O2/c1-6-3-7(8(12)4-10)9(13-2)11-5-6/h3,5H,4,10H2,1-2H3. The van der Waals surface area contributed by atoms with Gasteiger partial charge < -0.3 is 10.5 Å². The third-order valence-electron chi connectivity index (χ3n) is 1.67. The van der Waals surface area contributed by atoms with Crippen molar-refractivity contribution in [2.24, 2.45) is 5.73 Å². The lowest BCUT2D eigenvalue weighted by Crippen LogP contribution is -2.15. The molecular weight excluding hydrogens is 168 g/mol. The number of aromatic nitrogens is 1. The molecule has 0 radical (unpaired) electrons. The molecule has 0 atom stereocenters. The molecule has 0 bridgehead atoms. The van der Waals surface area contributed by atoms with Crippen LogP contribution in [0.15, 0.2) is 12.3 Å². The molecule has 1 heterocycles. The average Bonchev–Trinajstić information content (AvgIpc) is 2.16. The van der Waals surface area contributed by atoms with E-state index in [0.29, 0.717) is 11.4 Å². The molecular formula is C9H12N2O2. The number of pyridine rings is 1. The number of ketones is 1. The molecule has 70 valence electrons. The molecule has 0 aliphatic heterocycles. The summed E-state index contributed by atoms with van der Waals surface area (Å²) in [6, 6.07) is 1.72. The van der Waals surface area contributed by atoms with Crippen LogP contribution in [0.1, 0.15) is 15.9 Å². The van der Waals surface area contributed by atoms with Gasteiger partial charge in [-0.2, -0.15) is 0 Å². The van der Waals surface area contributed by atoms with E-state index in [1.54, 1.807) is 12.3 Å². The summed E-state index contributed by atoms with van der Waals surface area (Å²) in [4.78, 5) is 15.3. The van der Waals surface area contributed by atoms with E-state index >= 15 is 0 Å². The first kappa shape index (κ1) is 9.67. The van der Waals surface area contributed by atoms with Gasteiger partial charge in [0.25, 0.3) is 0 Å². The van der Waals surface area contributed by atoms with Crippen LogP contribution in [0.3, 0.4) is 0 Å². The van der Waals surface area contributed by atoms with Gasteiger partial charge in [-0.1, -0.05) is 0 Å². The highest BCUT2D eigenvalue weighted by Gasteiger charge is 2.11. The summed E-state index contributed by atoms with van der Waals surface area (Å²) in [7, 11) is 1.48. The van der Waals surface area contributed by atoms with Gasteiger partial charge in [0.15, 0.2) is 5.78 Å². The predicted octanol–water partition coefficient (Wildman–Crippen LogP) is 0.540. The molecule has 1 aromatic rings. The van der Waals surface area contributed by atoms with E-state index in [0.717, 1.165) is 5.56 Å². The highest BCUT2D eigenvalue weighted by molar-refractivity contribution is 5.99. The lowest BCUT2D eigenvalue weighted by Gasteiger charge is -2.05. The van der Waals surface area contributed by atoms with Gasteiger partial charge in [0.05, 0.1) is 19.2 Å². The molecule has 1 rings (SSSR count). The molecule has 1 aromatic heterocycles. The molecule has 0 aromatic carbocycles. The fourth-order valence-electron chi connectivity index (χ4n) is 1.03. The van der Waals surface area contributed by atoms with E-state index in [1.165, 1.54) is 7.11 Å². The second-order valence-corrected chi connectivity index (χ2v) is 2.70. The minimum absolute atomic E-state index is 0.0263. The van der Waals surface area contributed by atoms with Crippen molar-refractivity contribution in [3.8, 4) is 5.88 Å². The Bertz CT molecular complexity index is 323. The number of Topliss-reactive ketones (excluding diaryl/α,β-unsaturated/α-hetero) is 1. The van der Waals surface area contributed by atoms with E-state index < -0.39 is 0 Å². The van der Waals surface area contributed by atoms with E-state index in [9.17, 15) is 4.79 Å². The summed E-state index contributed by atoms with van der Waals surface area (Å²) in [5.41, 5.74) is 6.61. The van der Waals surface area contributed by atoms with Gasteiger partial charge in [0, 0.05) is 6.20 Å². The fourth-order valence-corrected chi connectivity index (χ4v) is 1.03. The Morgan fingerprint density at radius 2 is 2.38 bits per heavy atom. The Morgan fingerprint density at radius 1 is 1.69 bits per heavy atom. The number of ether oxygens (including phenoxy) is 1. The number of hydrogen-bond donors (Lipinski definition) is 1. The lowest BCUT2D eigenvalue weighted by molar-refractivity contribution is 0.0997. The van der Waals surface area contributed by atoms with Crippen LogP contribution in [-0.4, -0.2) is 24.4 Å². The maximum Gasteiger partial charge on any atom is 0.224 e. The first-order valence-corrected chi connectivity index (χ1v) is 3.93. The minimum Gasteiger partial charge on any atom is -0.480 e. The lowest BCUT2D eigenvalue weighted by atomic mass is 10.1. The maximum atomic E-state index is 11.3. The van der Waals surface area contributed by atoms with E-state index in [-0.39, 0.29) is 12.3 Å². The van der Waals surface area contributed by atoms with Gasteiger partial charge in [-0.15, -0.1) is 0 Å². The molecule has 2 N–H and O–H groups in total. The van der Waals surface area contributed by atoms with Crippen LogP contribution in [0.2, 0.25) is 0 Å². The molecule has 0 unspecified atom stereocenters. The number of methoxy groups -OCH3 is 1. The number of nitrogens with two attached hydrogens (primary N) is 1. The van der Waals surface area contributed by atoms with Crippen molar-refractivity contribution in [2.45, 2.75) is 6.92 Å². The van der Waals surface area contributed by atoms with Crippen molar-refractivity contribution >= 4 is 5.78 Å². The van der Waals surface area contributed by atoms with Crippen molar-refractivity contribution in [3.05, 3.63) is 23.4 Å². The summed E-state index contributed by atoms with van der Waals surface area (Å²) in [6.45, 7) is 1.83. The summed E-state index contributed by atoms with van der Waals surface area (Å²) < 4.78 is 4.94. The van der Waals surface area contributed by atoms with Gasteiger partial charge in [0.2, 0.25) is 5.88 Å². The third kappa shape index (κ3) is 2.03. The molecule has 0 amide bonds. The number of nitrogens with zero attached hydrogens (tertiary/aromatic N) is 1. The first-order valence-electron chi connectivity index (χ1n) is 3.93. The molecule has 0 aliphatic rings. The van der Waals surface area contributed by atoms with Crippen molar-refractivity contribution in [3.63, 3.8) is 0 Å². The smallest absolute Gasteiger partial charge is 0.224 e. The van der Waals surface area contributed by atoms with E-state index in [2.05, 4.69) is 4.98 Å². The second-order valence-electron chi connectivity index (χ2n) is 2.70. The summed E-state index contributed by atoms with van der Waals surface area (Å²) >= 11 is 0. The Labute approximate surface area is 76.7 Å². The zero-order valence-corrected chi connectivity index (χ0v) is 7.70. The SMILES string of the molecule is COc1ncc(C)cc1C(=O)CN. The monoisotopic (exact) mass is 180 g/mol. The third-order valence-corrected chi connectivity index (χ3v) is 1.67. The zero-order valence-electron chi connectivity index (χ0n) is 7.70. The summed E-state index contributed by atoms with van der Waals surface area (Å²) in [6.07, 6.45) is 1.64. The van der Waals surface area contributed by atoms with Crippen LogP contribution < -0.4 is 10.5 Å². The molecule has 0 aliphatic carbocycles. The van der Waals surface area contributed by atoms with Crippen LogP contribution in [0, 0.1) is 6.92 Å². The van der Waals surface area contributed by atoms with Crippen molar-refractivity contribution < 1.29 is 9.53 Å². The zero-order chi connectivity index (χ0) is 9.84. The molecule has 13 heavy (non-hydrogen) atoms. The number of carbonyl (C=O) groups excluding carboxylic acids is 1. The van der Waals surface area contributed by atoms with Crippen molar-refractivity contribution in [1.29, 1.82) is 0 Å². The van der Waals surface area contributed by atoms with Gasteiger partial charge in [-0.25, -0.2) is 4.98 Å². The fraction of sp³-hybridized carbons (Fsp3) is 0.333.